The summed E-state index contributed by atoms with van der Waals surface area (Å²) in [5, 5.41) is 18.6. The molecule has 0 saturated heterocycles. The lowest BCUT2D eigenvalue weighted by Gasteiger charge is -2.19. The molecule has 4 heteroatoms. The Morgan fingerprint density at radius 2 is 1.62 bits per heavy atom. The Balaban J connectivity index is 2.84. The Hall–Kier alpha value is -1.00. The fourth-order valence-corrected chi connectivity index (χ4v) is 1.66. The van der Waals surface area contributed by atoms with Crippen LogP contribution in [0, 0.1) is 11.6 Å². The van der Waals surface area contributed by atoms with Crippen molar-refractivity contribution in [2.45, 2.75) is 38.4 Å². The molecule has 0 saturated carbocycles. The van der Waals surface area contributed by atoms with E-state index in [4.69, 9.17) is 5.11 Å². The Morgan fingerprint density at radius 3 is 2.06 bits per heavy atom. The molecule has 0 fully saturated rings. The molecule has 1 aromatic carbocycles. The summed E-state index contributed by atoms with van der Waals surface area (Å²) in [6.07, 6.45) is -1.76. The predicted octanol–water partition coefficient (Wildman–Crippen LogP) is 2.20. The number of rotatable bonds is 4. The van der Waals surface area contributed by atoms with Crippen LogP contribution in [0.5, 0.6) is 0 Å². The summed E-state index contributed by atoms with van der Waals surface area (Å²) in [5.41, 5.74) is -0.0396. The van der Waals surface area contributed by atoms with E-state index in [0.717, 1.165) is 0 Å². The molecule has 0 spiro atoms. The molecule has 3 unspecified atom stereocenters. The minimum atomic E-state index is -0.978. The van der Waals surface area contributed by atoms with Crippen LogP contribution in [-0.2, 0) is 0 Å². The maximum atomic E-state index is 13.4. The third-order valence-corrected chi connectivity index (χ3v) is 2.64. The van der Waals surface area contributed by atoms with Crippen molar-refractivity contribution >= 4 is 0 Å². The Bertz CT molecular complexity index is 333. The van der Waals surface area contributed by atoms with Crippen LogP contribution < -0.4 is 0 Å². The van der Waals surface area contributed by atoms with E-state index in [1.165, 1.54) is 25.1 Å². The van der Waals surface area contributed by atoms with Gasteiger partial charge in [0.25, 0.3) is 0 Å². The van der Waals surface area contributed by atoms with Gasteiger partial charge in [0.15, 0.2) is 0 Å². The second kappa shape index (κ2) is 5.37. The van der Waals surface area contributed by atoms with Gasteiger partial charge in [-0.25, -0.2) is 8.78 Å². The molecule has 0 radical (unpaired) electrons. The van der Waals surface area contributed by atoms with Gasteiger partial charge in [0, 0.05) is 5.56 Å². The monoisotopic (exact) mass is 230 g/mol. The first-order chi connectivity index (χ1) is 7.43. The summed E-state index contributed by atoms with van der Waals surface area (Å²) in [5.74, 6) is -1.72. The molecule has 0 aliphatic heterocycles. The van der Waals surface area contributed by atoms with Crippen LogP contribution in [0.25, 0.3) is 0 Å². The lowest BCUT2D eigenvalue weighted by atomic mass is 9.92. The minimum Gasteiger partial charge on any atom is -0.391 e. The van der Waals surface area contributed by atoms with Gasteiger partial charge >= 0.3 is 0 Å². The third kappa shape index (κ3) is 3.00. The highest BCUT2D eigenvalue weighted by Gasteiger charge is 2.21. The number of aliphatic hydroxyl groups is 2. The number of aliphatic hydroxyl groups excluding tert-OH is 2. The molecule has 0 aliphatic rings. The van der Waals surface area contributed by atoms with E-state index in [0.29, 0.717) is 0 Å². The van der Waals surface area contributed by atoms with Crippen molar-refractivity contribution in [3.05, 3.63) is 35.4 Å². The van der Waals surface area contributed by atoms with Crippen LogP contribution in [0.2, 0.25) is 0 Å². The lowest BCUT2D eigenvalue weighted by molar-refractivity contribution is 0.0223. The highest BCUT2D eigenvalue weighted by molar-refractivity contribution is 5.23. The lowest BCUT2D eigenvalue weighted by Crippen LogP contribution is -2.24. The standard InChI is InChI=1S/C12H16F2O2/c1-7(6-11(16)8(2)15)12-9(13)4-3-5-10(12)14/h3-5,7-8,11,15-16H,6H2,1-2H3. The molecule has 90 valence electrons. The molecule has 0 heterocycles. The van der Waals surface area contributed by atoms with E-state index in [-0.39, 0.29) is 12.0 Å². The van der Waals surface area contributed by atoms with Crippen molar-refractivity contribution in [2.24, 2.45) is 0 Å². The molecule has 0 aliphatic carbocycles. The number of hydrogen-bond donors (Lipinski definition) is 2. The van der Waals surface area contributed by atoms with Crippen molar-refractivity contribution in [1.82, 2.24) is 0 Å². The largest absolute Gasteiger partial charge is 0.391 e. The van der Waals surface area contributed by atoms with Gasteiger partial charge in [-0.05, 0) is 31.4 Å². The average Bonchev–Trinajstić information content (AvgIpc) is 2.16. The molecule has 2 nitrogen and oxygen atoms in total. The van der Waals surface area contributed by atoms with Crippen LogP contribution in [0.4, 0.5) is 8.78 Å². The Kier molecular flexibility index (Phi) is 4.38. The summed E-state index contributed by atoms with van der Waals surface area (Å²) in [4.78, 5) is 0. The molecular weight excluding hydrogens is 214 g/mol. The molecular formula is C12H16F2O2. The normalized spacial score (nSPS) is 16.9. The van der Waals surface area contributed by atoms with Gasteiger partial charge in [-0.15, -0.1) is 0 Å². The molecule has 0 aromatic heterocycles. The van der Waals surface area contributed by atoms with Crippen molar-refractivity contribution in [3.63, 3.8) is 0 Å². The van der Waals surface area contributed by atoms with Gasteiger partial charge in [-0.1, -0.05) is 13.0 Å². The summed E-state index contributed by atoms with van der Waals surface area (Å²) in [7, 11) is 0. The highest BCUT2D eigenvalue weighted by Crippen LogP contribution is 2.26. The molecule has 16 heavy (non-hydrogen) atoms. The van der Waals surface area contributed by atoms with E-state index < -0.39 is 29.8 Å². The van der Waals surface area contributed by atoms with E-state index in [9.17, 15) is 13.9 Å². The van der Waals surface area contributed by atoms with E-state index in [1.54, 1.807) is 6.92 Å². The topological polar surface area (TPSA) is 40.5 Å². The number of hydrogen-bond acceptors (Lipinski definition) is 2. The summed E-state index contributed by atoms with van der Waals surface area (Å²) in [6.45, 7) is 3.06. The Morgan fingerprint density at radius 1 is 1.12 bits per heavy atom. The fourth-order valence-electron chi connectivity index (χ4n) is 1.66. The predicted molar refractivity (Wildman–Crippen MR) is 57.1 cm³/mol. The first-order valence-corrected chi connectivity index (χ1v) is 5.23. The van der Waals surface area contributed by atoms with Crippen molar-refractivity contribution < 1.29 is 19.0 Å². The third-order valence-electron chi connectivity index (χ3n) is 2.64. The first-order valence-electron chi connectivity index (χ1n) is 5.23. The van der Waals surface area contributed by atoms with Crippen LogP contribution >= 0.6 is 0 Å². The second-order valence-corrected chi connectivity index (χ2v) is 4.08. The van der Waals surface area contributed by atoms with Gasteiger partial charge in [0.2, 0.25) is 0 Å². The fraction of sp³-hybridized carbons (Fsp3) is 0.500. The molecule has 1 rings (SSSR count). The highest BCUT2D eigenvalue weighted by atomic mass is 19.1. The van der Waals surface area contributed by atoms with E-state index in [1.807, 2.05) is 0 Å². The maximum Gasteiger partial charge on any atom is 0.129 e. The smallest absolute Gasteiger partial charge is 0.129 e. The van der Waals surface area contributed by atoms with Crippen LogP contribution in [-0.4, -0.2) is 22.4 Å². The molecule has 3 atom stereocenters. The zero-order valence-corrected chi connectivity index (χ0v) is 9.32. The SMILES string of the molecule is CC(CC(O)C(C)O)c1c(F)cccc1F. The zero-order valence-electron chi connectivity index (χ0n) is 9.32. The van der Waals surface area contributed by atoms with Crippen molar-refractivity contribution in [2.75, 3.05) is 0 Å². The van der Waals surface area contributed by atoms with Gasteiger partial charge in [-0.3, -0.25) is 0 Å². The maximum absolute atomic E-state index is 13.4. The van der Waals surface area contributed by atoms with Gasteiger partial charge in [-0.2, -0.15) is 0 Å². The van der Waals surface area contributed by atoms with Gasteiger partial charge in [0.1, 0.15) is 11.6 Å². The van der Waals surface area contributed by atoms with E-state index in [2.05, 4.69) is 0 Å². The Labute approximate surface area is 93.5 Å². The number of benzene rings is 1. The summed E-state index contributed by atoms with van der Waals surface area (Å²) >= 11 is 0. The van der Waals surface area contributed by atoms with Crippen LogP contribution in [0.3, 0.4) is 0 Å². The molecule has 0 amide bonds. The zero-order chi connectivity index (χ0) is 12.3. The van der Waals surface area contributed by atoms with Crippen LogP contribution in [0.15, 0.2) is 18.2 Å². The summed E-state index contributed by atoms with van der Waals surface area (Å²) in [6, 6.07) is 3.67. The molecule has 1 aromatic rings. The number of halogens is 2. The average molecular weight is 230 g/mol. The molecule has 0 bridgehead atoms. The van der Waals surface area contributed by atoms with Crippen molar-refractivity contribution in [3.8, 4) is 0 Å². The van der Waals surface area contributed by atoms with E-state index >= 15 is 0 Å². The minimum absolute atomic E-state index is 0.0396. The van der Waals surface area contributed by atoms with Crippen molar-refractivity contribution in [1.29, 1.82) is 0 Å². The van der Waals surface area contributed by atoms with Gasteiger partial charge in [0.05, 0.1) is 12.2 Å². The van der Waals surface area contributed by atoms with Gasteiger partial charge < -0.3 is 10.2 Å². The van der Waals surface area contributed by atoms with Crippen LogP contribution in [0.1, 0.15) is 31.7 Å². The summed E-state index contributed by atoms with van der Waals surface area (Å²) < 4.78 is 26.7. The quantitative estimate of drug-likeness (QED) is 0.832. The first kappa shape index (κ1) is 13.1. The second-order valence-electron chi connectivity index (χ2n) is 4.08. The molecule has 2 N–H and O–H groups in total.